The third-order valence-corrected chi connectivity index (χ3v) is 3.37. The maximum Gasteiger partial charge on any atom is 0.0444 e. The third-order valence-electron chi connectivity index (χ3n) is 3.02. The van der Waals surface area contributed by atoms with Crippen molar-refractivity contribution in [3.05, 3.63) is 64.4 Å². The van der Waals surface area contributed by atoms with Crippen LogP contribution in [0.25, 0.3) is 0 Å². The van der Waals surface area contributed by atoms with Crippen LogP contribution in [0.2, 0.25) is 5.02 Å². The molecular weight excluding hydrogens is 256 g/mol. The molecule has 0 amide bonds. The van der Waals surface area contributed by atoms with Crippen LogP contribution in [0.5, 0.6) is 0 Å². The first-order chi connectivity index (χ1) is 9.29. The second-order valence-corrected chi connectivity index (χ2v) is 5.04. The Hall–Kier alpha value is -1.38. The summed E-state index contributed by atoms with van der Waals surface area (Å²) in [6, 6.07) is 10.4. The highest BCUT2D eigenvalue weighted by Crippen LogP contribution is 2.21. The van der Waals surface area contributed by atoms with Crippen molar-refractivity contribution in [3.8, 4) is 0 Å². The van der Waals surface area contributed by atoms with Gasteiger partial charge in [-0.15, -0.1) is 0 Å². The zero-order valence-electron chi connectivity index (χ0n) is 11.2. The van der Waals surface area contributed by atoms with Crippen LogP contribution >= 0.6 is 11.6 Å². The Balaban J connectivity index is 2.03. The van der Waals surface area contributed by atoms with Crippen molar-refractivity contribution in [3.63, 3.8) is 0 Å². The van der Waals surface area contributed by atoms with E-state index in [1.807, 2.05) is 24.5 Å². The number of aromatic nitrogens is 1. The Morgan fingerprint density at radius 1 is 1.11 bits per heavy atom. The van der Waals surface area contributed by atoms with Gasteiger partial charge in [0.05, 0.1) is 0 Å². The van der Waals surface area contributed by atoms with Crippen LogP contribution in [-0.2, 0) is 13.0 Å². The molecule has 19 heavy (non-hydrogen) atoms. The second kappa shape index (κ2) is 7.27. The zero-order valence-corrected chi connectivity index (χ0v) is 12.0. The molecule has 1 heterocycles. The van der Waals surface area contributed by atoms with Crippen molar-refractivity contribution in [2.45, 2.75) is 26.3 Å². The molecule has 0 aliphatic heterocycles. The summed E-state index contributed by atoms with van der Waals surface area (Å²) in [5, 5.41) is 4.22. The van der Waals surface area contributed by atoms with Gasteiger partial charge in [-0.25, -0.2) is 0 Å². The summed E-state index contributed by atoms with van der Waals surface area (Å²) in [7, 11) is 0. The smallest absolute Gasteiger partial charge is 0.0444 e. The first-order valence-electron chi connectivity index (χ1n) is 6.66. The highest BCUT2D eigenvalue weighted by atomic mass is 35.5. The van der Waals surface area contributed by atoms with Gasteiger partial charge in [0.1, 0.15) is 0 Å². The molecule has 1 N–H and O–H groups in total. The maximum atomic E-state index is 6.35. The van der Waals surface area contributed by atoms with Crippen molar-refractivity contribution < 1.29 is 0 Å². The van der Waals surface area contributed by atoms with E-state index in [1.54, 1.807) is 0 Å². The minimum Gasteiger partial charge on any atom is -0.313 e. The molecule has 0 aliphatic carbocycles. The minimum atomic E-state index is 0.840. The molecule has 0 spiro atoms. The van der Waals surface area contributed by atoms with E-state index in [9.17, 15) is 0 Å². The van der Waals surface area contributed by atoms with Gasteiger partial charge in [0.2, 0.25) is 0 Å². The topological polar surface area (TPSA) is 24.9 Å². The van der Waals surface area contributed by atoms with E-state index < -0.39 is 0 Å². The van der Waals surface area contributed by atoms with Crippen molar-refractivity contribution in [1.82, 2.24) is 10.3 Å². The van der Waals surface area contributed by atoms with Gasteiger partial charge >= 0.3 is 0 Å². The Labute approximate surface area is 119 Å². The zero-order chi connectivity index (χ0) is 13.5. The molecule has 0 radical (unpaired) electrons. The van der Waals surface area contributed by atoms with Crippen LogP contribution in [0, 0.1) is 0 Å². The average molecular weight is 275 g/mol. The molecule has 3 heteroatoms. The number of hydrogen-bond donors (Lipinski definition) is 1. The van der Waals surface area contributed by atoms with Gasteiger partial charge in [-0.05, 0) is 54.3 Å². The van der Waals surface area contributed by atoms with Crippen molar-refractivity contribution in [2.24, 2.45) is 0 Å². The lowest BCUT2D eigenvalue weighted by Crippen LogP contribution is -2.13. The molecule has 0 saturated carbocycles. The first kappa shape index (κ1) is 14.0. The van der Waals surface area contributed by atoms with E-state index in [1.165, 1.54) is 11.1 Å². The van der Waals surface area contributed by atoms with E-state index >= 15 is 0 Å². The Morgan fingerprint density at radius 3 is 2.58 bits per heavy atom. The highest BCUT2D eigenvalue weighted by Gasteiger charge is 2.03. The second-order valence-electron chi connectivity index (χ2n) is 4.63. The minimum absolute atomic E-state index is 0.840. The summed E-state index contributed by atoms with van der Waals surface area (Å²) in [5.74, 6) is 0. The Bertz CT molecular complexity index is 511. The van der Waals surface area contributed by atoms with Crippen LogP contribution < -0.4 is 5.32 Å². The van der Waals surface area contributed by atoms with E-state index in [2.05, 4.69) is 35.4 Å². The van der Waals surface area contributed by atoms with E-state index in [0.717, 1.165) is 36.5 Å². The van der Waals surface area contributed by atoms with Gasteiger partial charge < -0.3 is 5.32 Å². The molecule has 0 saturated heterocycles. The van der Waals surface area contributed by atoms with Crippen LogP contribution in [-0.4, -0.2) is 11.5 Å². The summed E-state index contributed by atoms with van der Waals surface area (Å²) >= 11 is 6.35. The van der Waals surface area contributed by atoms with Gasteiger partial charge in [-0.3, -0.25) is 4.98 Å². The van der Waals surface area contributed by atoms with Gasteiger partial charge in [0.25, 0.3) is 0 Å². The van der Waals surface area contributed by atoms with Gasteiger partial charge in [-0.2, -0.15) is 0 Å². The molecule has 2 aromatic rings. The average Bonchev–Trinajstić information content (AvgIpc) is 2.43. The standard InChI is InChI=1S/C16H19ClN2/c1-2-7-19-12-14-3-4-15(16(17)11-14)10-13-5-8-18-9-6-13/h3-6,8-9,11,19H,2,7,10,12H2,1H3. The molecule has 1 aromatic carbocycles. The number of hydrogen-bond acceptors (Lipinski definition) is 2. The number of halogens is 1. The molecule has 0 fully saturated rings. The van der Waals surface area contributed by atoms with Crippen molar-refractivity contribution in [1.29, 1.82) is 0 Å². The van der Waals surface area contributed by atoms with Crippen molar-refractivity contribution in [2.75, 3.05) is 6.54 Å². The van der Waals surface area contributed by atoms with E-state index in [-0.39, 0.29) is 0 Å². The molecule has 0 atom stereocenters. The Morgan fingerprint density at radius 2 is 1.89 bits per heavy atom. The summed E-state index contributed by atoms with van der Waals surface area (Å²) in [6.07, 6.45) is 5.62. The predicted molar refractivity (Wildman–Crippen MR) is 80.5 cm³/mol. The molecular formula is C16H19ClN2. The number of nitrogens with zero attached hydrogens (tertiary/aromatic N) is 1. The number of benzene rings is 1. The number of pyridine rings is 1. The molecule has 0 bridgehead atoms. The Kier molecular flexibility index (Phi) is 5.37. The van der Waals surface area contributed by atoms with E-state index in [4.69, 9.17) is 11.6 Å². The fourth-order valence-corrected chi connectivity index (χ4v) is 2.24. The summed E-state index contributed by atoms with van der Waals surface area (Å²) in [6.45, 7) is 4.08. The lowest BCUT2D eigenvalue weighted by molar-refractivity contribution is 0.675. The fourth-order valence-electron chi connectivity index (χ4n) is 1.97. The fraction of sp³-hybridized carbons (Fsp3) is 0.312. The summed E-state index contributed by atoms with van der Waals surface area (Å²) in [5.41, 5.74) is 3.62. The first-order valence-corrected chi connectivity index (χ1v) is 7.04. The van der Waals surface area contributed by atoms with Crippen molar-refractivity contribution >= 4 is 11.6 Å². The quantitative estimate of drug-likeness (QED) is 0.810. The predicted octanol–water partition coefficient (Wildman–Crippen LogP) is 3.83. The molecule has 2 rings (SSSR count). The molecule has 1 aromatic heterocycles. The van der Waals surface area contributed by atoms with Crippen LogP contribution in [0.15, 0.2) is 42.7 Å². The van der Waals surface area contributed by atoms with E-state index in [0.29, 0.717) is 0 Å². The van der Waals surface area contributed by atoms with Gasteiger partial charge in [0, 0.05) is 24.0 Å². The normalized spacial score (nSPS) is 10.6. The van der Waals surface area contributed by atoms with Crippen LogP contribution in [0.4, 0.5) is 0 Å². The molecule has 0 aliphatic rings. The lowest BCUT2D eigenvalue weighted by Gasteiger charge is -2.08. The summed E-state index contributed by atoms with van der Waals surface area (Å²) in [4.78, 5) is 4.02. The highest BCUT2D eigenvalue weighted by molar-refractivity contribution is 6.31. The van der Waals surface area contributed by atoms with Gasteiger partial charge in [0.15, 0.2) is 0 Å². The maximum absolute atomic E-state index is 6.35. The molecule has 2 nitrogen and oxygen atoms in total. The molecule has 0 unspecified atom stereocenters. The third kappa shape index (κ3) is 4.34. The number of nitrogens with one attached hydrogen (secondary N) is 1. The van der Waals surface area contributed by atoms with Crippen LogP contribution in [0.3, 0.4) is 0 Å². The molecule has 100 valence electrons. The SMILES string of the molecule is CCCNCc1ccc(Cc2ccncc2)c(Cl)c1. The van der Waals surface area contributed by atoms with Crippen LogP contribution in [0.1, 0.15) is 30.0 Å². The largest absolute Gasteiger partial charge is 0.313 e. The van der Waals surface area contributed by atoms with Gasteiger partial charge in [-0.1, -0.05) is 30.7 Å². The monoisotopic (exact) mass is 274 g/mol. The lowest BCUT2D eigenvalue weighted by atomic mass is 10.0. The summed E-state index contributed by atoms with van der Waals surface area (Å²) < 4.78 is 0. The number of rotatable bonds is 6.